The second-order valence-corrected chi connectivity index (χ2v) is 5.29. The van der Waals surface area contributed by atoms with Crippen LogP contribution in [0.4, 0.5) is 0 Å². The zero-order valence-electron chi connectivity index (χ0n) is 12.3. The maximum atomic E-state index is 12.5. The van der Waals surface area contributed by atoms with Gasteiger partial charge in [-0.25, -0.2) is 0 Å². The van der Waals surface area contributed by atoms with Crippen LogP contribution in [0.15, 0.2) is 24.3 Å². The fraction of sp³-hybridized carbons (Fsp3) is 0.467. The number of hydrogen-bond acceptors (Lipinski definition) is 3. The normalized spacial score (nSPS) is 10.4. The van der Waals surface area contributed by atoms with Crippen molar-refractivity contribution in [3.8, 4) is 5.75 Å². The van der Waals surface area contributed by atoms with Crippen LogP contribution in [0.1, 0.15) is 37.6 Å². The summed E-state index contributed by atoms with van der Waals surface area (Å²) in [6.07, 6.45) is 0.538. The van der Waals surface area contributed by atoms with Gasteiger partial charge in [-0.3, -0.25) is 4.79 Å². The molecule has 0 spiro atoms. The highest BCUT2D eigenvalue weighted by molar-refractivity contribution is 7.80. The molecule has 0 saturated carbocycles. The van der Waals surface area contributed by atoms with Gasteiger partial charge in [0.1, 0.15) is 5.75 Å². The Labute approximate surface area is 125 Å². The molecule has 4 nitrogen and oxygen atoms in total. The van der Waals surface area contributed by atoms with Crippen molar-refractivity contribution in [3.05, 3.63) is 29.8 Å². The molecular formula is C15H22N2O2S. The van der Waals surface area contributed by atoms with Gasteiger partial charge in [0, 0.05) is 24.6 Å². The summed E-state index contributed by atoms with van der Waals surface area (Å²) in [6.45, 7) is 7.03. The molecule has 0 aliphatic rings. The van der Waals surface area contributed by atoms with Crippen LogP contribution in [-0.2, 0) is 0 Å². The van der Waals surface area contributed by atoms with Gasteiger partial charge in [0.05, 0.1) is 11.6 Å². The highest BCUT2D eigenvalue weighted by Gasteiger charge is 2.18. The van der Waals surface area contributed by atoms with E-state index in [1.165, 1.54) is 0 Å². The number of thiocarbonyl (C=S) groups is 1. The van der Waals surface area contributed by atoms with Crippen LogP contribution in [0.25, 0.3) is 0 Å². The first-order chi connectivity index (χ1) is 9.45. The van der Waals surface area contributed by atoms with Crippen molar-refractivity contribution < 1.29 is 9.53 Å². The average Bonchev–Trinajstić information content (AvgIpc) is 2.39. The third-order valence-corrected chi connectivity index (χ3v) is 3.10. The van der Waals surface area contributed by atoms with E-state index in [-0.39, 0.29) is 11.9 Å². The van der Waals surface area contributed by atoms with Gasteiger partial charge in [-0.1, -0.05) is 12.2 Å². The number of hydrogen-bond donors (Lipinski definition) is 1. The van der Waals surface area contributed by atoms with Crippen LogP contribution in [-0.4, -0.2) is 35.0 Å². The zero-order valence-corrected chi connectivity index (χ0v) is 13.1. The number of rotatable bonds is 7. The minimum atomic E-state index is -0.0145. The summed E-state index contributed by atoms with van der Waals surface area (Å²) in [5.74, 6) is 0.752. The largest absolute Gasteiger partial charge is 0.494 e. The molecule has 1 amide bonds. The number of benzene rings is 1. The smallest absolute Gasteiger partial charge is 0.254 e. The molecule has 0 bridgehead atoms. The molecule has 2 N–H and O–H groups in total. The number of nitrogens with zero attached hydrogens (tertiary/aromatic N) is 1. The van der Waals surface area contributed by atoms with Crippen LogP contribution in [0.3, 0.4) is 0 Å². The lowest BCUT2D eigenvalue weighted by molar-refractivity contribution is 0.0711. The van der Waals surface area contributed by atoms with Crippen molar-refractivity contribution in [1.29, 1.82) is 0 Å². The zero-order chi connectivity index (χ0) is 15.1. The molecule has 0 fully saturated rings. The lowest BCUT2D eigenvalue weighted by Crippen LogP contribution is -2.38. The fourth-order valence-electron chi connectivity index (χ4n) is 1.85. The highest BCUT2D eigenvalue weighted by atomic mass is 32.1. The Bertz CT molecular complexity index is 457. The minimum absolute atomic E-state index is 0.0145. The third-order valence-electron chi connectivity index (χ3n) is 2.90. The molecule has 5 heteroatoms. The van der Waals surface area contributed by atoms with E-state index in [2.05, 4.69) is 0 Å². The Morgan fingerprint density at radius 3 is 2.40 bits per heavy atom. The van der Waals surface area contributed by atoms with E-state index in [0.29, 0.717) is 30.1 Å². The van der Waals surface area contributed by atoms with Crippen molar-refractivity contribution >= 4 is 23.1 Å². The van der Waals surface area contributed by atoms with Crippen LogP contribution >= 0.6 is 12.2 Å². The van der Waals surface area contributed by atoms with E-state index >= 15 is 0 Å². The van der Waals surface area contributed by atoms with E-state index in [4.69, 9.17) is 22.7 Å². The van der Waals surface area contributed by atoms with Crippen molar-refractivity contribution in [2.45, 2.75) is 33.2 Å². The standard InChI is InChI=1S/C15H22N2O2S/c1-4-19-13-7-5-12(6-8-13)15(18)17(11(2)3)10-9-14(16)20/h5-8,11H,4,9-10H2,1-3H3,(H2,16,20). The monoisotopic (exact) mass is 294 g/mol. The van der Waals surface area contributed by atoms with Crippen molar-refractivity contribution in [3.63, 3.8) is 0 Å². The molecule has 0 aliphatic heterocycles. The predicted molar refractivity (Wildman–Crippen MR) is 85.2 cm³/mol. The van der Waals surface area contributed by atoms with Gasteiger partial charge in [0.15, 0.2) is 0 Å². The lowest BCUT2D eigenvalue weighted by Gasteiger charge is -2.26. The molecule has 0 aromatic heterocycles. The van der Waals surface area contributed by atoms with Crippen molar-refractivity contribution in [2.75, 3.05) is 13.2 Å². The molecule has 0 aliphatic carbocycles. The summed E-state index contributed by atoms with van der Waals surface area (Å²) in [5, 5.41) is 0. The van der Waals surface area contributed by atoms with E-state index in [1.807, 2.05) is 32.9 Å². The Kier molecular flexibility index (Phi) is 6.45. The van der Waals surface area contributed by atoms with Gasteiger partial charge in [-0.15, -0.1) is 0 Å². The quantitative estimate of drug-likeness (QED) is 0.785. The van der Waals surface area contributed by atoms with Gasteiger partial charge >= 0.3 is 0 Å². The summed E-state index contributed by atoms with van der Waals surface area (Å²) >= 11 is 4.87. The number of carbonyl (C=O) groups is 1. The van der Waals surface area contributed by atoms with E-state index in [9.17, 15) is 4.79 Å². The Balaban J connectivity index is 2.80. The SMILES string of the molecule is CCOc1ccc(C(=O)N(CCC(N)=S)C(C)C)cc1. The average molecular weight is 294 g/mol. The first kappa shape index (κ1) is 16.4. The first-order valence-corrected chi connectivity index (χ1v) is 7.18. The van der Waals surface area contributed by atoms with E-state index < -0.39 is 0 Å². The molecule has 0 radical (unpaired) electrons. The van der Waals surface area contributed by atoms with Crippen molar-refractivity contribution in [2.24, 2.45) is 5.73 Å². The van der Waals surface area contributed by atoms with E-state index in [1.54, 1.807) is 17.0 Å². The van der Waals surface area contributed by atoms with Gasteiger partial charge < -0.3 is 15.4 Å². The summed E-state index contributed by atoms with van der Waals surface area (Å²) in [6, 6.07) is 7.28. The molecule has 1 rings (SSSR count). The van der Waals surface area contributed by atoms with Crippen LogP contribution in [0, 0.1) is 0 Å². The van der Waals surface area contributed by atoms with Gasteiger partial charge in [0.25, 0.3) is 5.91 Å². The number of amides is 1. The topological polar surface area (TPSA) is 55.6 Å². The van der Waals surface area contributed by atoms with Crippen LogP contribution in [0.2, 0.25) is 0 Å². The Hall–Kier alpha value is -1.62. The predicted octanol–water partition coefficient (Wildman–Crippen LogP) is 2.61. The Morgan fingerprint density at radius 1 is 1.35 bits per heavy atom. The molecule has 0 atom stereocenters. The number of carbonyl (C=O) groups excluding carboxylic acids is 1. The Morgan fingerprint density at radius 2 is 1.95 bits per heavy atom. The molecule has 1 aromatic rings. The molecule has 0 saturated heterocycles. The molecular weight excluding hydrogens is 272 g/mol. The third kappa shape index (κ3) is 4.81. The second kappa shape index (κ2) is 7.85. The van der Waals surface area contributed by atoms with Crippen molar-refractivity contribution in [1.82, 2.24) is 4.90 Å². The van der Waals surface area contributed by atoms with Gasteiger partial charge in [-0.2, -0.15) is 0 Å². The maximum absolute atomic E-state index is 12.5. The fourth-order valence-corrected chi connectivity index (χ4v) is 1.94. The second-order valence-electron chi connectivity index (χ2n) is 4.77. The number of ether oxygens (including phenoxy) is 1. The molecule has 0 heterocycles. The summed E-state index contributed by atoms with van der Waals surface area (Å²) in [7, 11) is 0. The molecule has 0 unspecified atom stereocenters. The molecule has 1 aromatic carbocycles. The lowest BCUT2D eigenvalue weighted by atomic mass is 10.1. The molecule has 110 valence electrons. The van der Waals surface area contributed by atoms with Gasteiger partial charge in [-0.05, 0) is 45.0 Å². The first-order valence-electron chi connectivity index (χ1n) is 6.77. The molecule has 20 heavy (non-hydrogen) atoms. The summed E-state index contributed by atoms with van der Waals surface area (Å²) in [5.41, 5.74) is 6.15. The summed E-state index contributed by atoms with van der Waals surface area (Å²) in [4.78, 5) is 14.7. The highest BCUT2D eigenvalue weighted by Crippen LogP contribution is 2.15. The number of nitrogens with two attached hydrogens (primary N) is 1. The minimum Gasteiger partial charge on any atom is -0.494 e. The van der Waals surface area contributed by atoms with Crippen LogP contribution in [0.5, 0.6) is 5.75 Å². The maximum Gasteiger partial charge on any atom is 0.254 e. The summed E-state index contributed by atoms with van der Waals surface area (Å²) < 4.78 is 5.37. The van der Waals surface area contributed by atoms with E-state index in [0.717, 1.165) is 5.75 Å². The van der Waals surface area contributed by atoms with Crippen LogP contribution < -0.4 is 10.5 Å². The van der Waals surface area contributed by atoms with Gasteiger partial charge in [0.2, 0.25) is 0 Å².